The Bertz CT molecular complexity index is 620. The van der Waals surface area contributed by atoms with E-state index >= 15 is 0 Å². The van der Waals surface area contributed by atoms with E-state index < -0.39 is 23.7 Å². The van der Waals surface area contributed by atoms with E-state index in [9.17, 15) is 22.8 Å². The van der Waals surface area contributed by atoms with Crippen LogP contribution in [0.2, 0.25) is 0 Å². The van der Waals surface area contributed by atoms with Crippen molar-refractivity contribution in [2.75, 3.05) is 6.61 Å². The Morgan fingerprint density at radius 3 is 2.43 bits per heavy atom. The van der Waals surface area contributed by atoms with Gasteiger partial charge in [-0.05, 0) is 29.7 Å². The molecule has 124 valence electrons. The fraction of sp³-hybridized carbons (Fsp3) is 0.375. The van der Waals surface area contributed by atoms with Crippen molar-refractivity contribution in [2.24, 2.45) is 5.92 Å². The number of imide groups is 1. The van der Waals surface area contributed by atoms with Gasteiger partial charge in [-0.25, -0.2) is 9.69 Å². The number of carbonyl (C=O) groups excluding carboxylic acids is 2. The highest BCUT2D eigenvalue weighted by atomic mass is 19.4. The Hall–Kier alpha value is -2.31. The van der Waals surface area contributed by atoms with E-state index in [1.807, 2.05) is 13.8 Å². The first-order chi connectivity index (χ1) is 10.7. The lowest BCUT2D eigenvalue weighted by Crippen LogP contribution is -2.40. The summed E-state index contributed by atoms with van der Waals surface area (Å²) >= 11 is 0. The fourth-order valence-electron chi connectivity index (χ4n) is 2.21. The number of benzene rings is 1. The quantitative estimate of drug-likeness (QED) is 0.795. The van der Waals surface area contributed by atoms with E-state index in [-0.39, 0.29) is 18.6 Å². The van der Waals surface area contributed by atoms with Gasteiger partial charge in [0, 0.05) is 6.08 Å². The topological polar surface area (TPSA) is 46.6 Å². The first-order valence-electron chi connectivity index (χ1n) is 7.05. The van der Waals surface area contributed by atoms with Gasteiger partial charge in [0.05, 0.1) is 11.6 Å². The number of halogens is 3. The summed E-state index contributed by atoms with van der Waals surface area (Å²) in [6.45, 7) is 3.88. The van der Waals surface area contributed by atoms with Gasteiger partial charge in [0.1, 0.15) is 6.61 Å². The van der Waals surface area contributed by atoms with Crippen molar-refractivity contribution in [2.45, 2.75) is 26.1 Å². The first-order valence-corrected chi connectivity index (χ1v) is 7.05. The summed E-state index contributed by atoms with van der Waals surface area (Å²) in [5.74, 6) is -0.504. The lowest BCUT2D eigenvalue weighted by atomic mass is 10.0. The maximum Gasteiger partial charge on any atom is 0.417 e. The van der Waals surface area contributed by atoms with E-state index in [4.69, 9.17) is 4.74 Å². The molecule has 1 atom stereocenters. The average molecular weight is 327 g/mol. The Balaban J connectivity index is 2.10. The Morgan fingerprint density at radius 2 is 1.91 bits per heavy atom. The number of hydrogen-bond acceptors (Lipinski definition) is 3. The van der Waals surface area contributed by atoms with Crippen LogP contribution in [-0.2, 0) is 15.7 Å². The number of cyclic esters (lactones) is 1. The van der Waals surface area contributed by atoms with E-state index in [2.05, 4.69) is 0 Å². The number of carbonyl (C=O) groups is 2. The molecule has 1 saturated heterocycles. The highest BCUT2D eigenvalue weighted by Crippen LogP contribution is 2.29. The molecule has 2 amide bonds. The zero-order valence-electron chi connectivity index (χ0n) is 12.6. The van der Waals surface area contributed by atoms with Gasteiger partial charge >= 0.3 is 12.3 Å². The van der Waals surface area contributed by atoms with Crippen LogP contribution in [0.3, 0.4) is 0 Å². The Labute approximate surface area is 131 Å². The molecule has 1 aliphatic rings. The molecule has 23 heavy (non-hydrogen) atoms. The molecule has 1 aliphatic heterocycles. The van der Waals surface area contributed by atoms with Gasteiger partial charge in [0.15, 0.2) is 0 Å². The molecule has 0 aromatic heterocycles. The predicted octanol–water partition coefficient (Wildman–Crippen LogP) is 3.72. The zero-order chi connectivity index (χ0) is 17.2. The number of rotatable bonds is 3. The number of ether oxygens (including phenoxy) is 1. The molecule has 1 fully saturated rings. The van der Waals surface area contributed by atoms with Crippen molar-refractivity contribution in [3.05, 3.63) is 41.5 Å². The SMILES string of the molecule is CC(C)[C@H]1COC(=O)N1C(=O)/C=C/c1ccc(C(F)(F)F)cc1. The molecule has 2 rings (SSSR count). The molecule has 4 nitrogen and oxygen atoms in total. The van der Waals surface area contributed by atoms with Gasteiger partial charge in [-0.1, -0.05) is 26.0 Å². The monoisotopic (exact) mass is 327 g/mol. The second-order valence-electron chi connectivity index (χ2n) is 5.55. The molecule has 0 N–H and O–H groups in total. The van der Waals surface area contributed by atoms with Gasteiger partial charge in [-0.3, -0.25) is 4.79 Å². The van der Waals surface area contributed by atoms with E-state index in [1.165, 1.54) is 18.2 Å². The maximum absolute atomic E-state index is 12.5. The number of nitrogens with zero attached hydrogens (tertiary/aromatic N) is 1. The number of amides is 2. The Kier molecular flexibility index (Phi) is 4.77. The molecule has 0 saturated carbocycles. The lowest BCUT2D eigenvalue weighted by molar-refractivity contribution is -0.137. The second-order valence-corrected chi connectivity index (χ2v) is 5.55. The van der Waals surface area contributed by atoms with Crippen LogP contribution >= 0.6 is 0 Å². The zero-order valence-corrected chi connectivity index (χ0v) is 12.6. The summed E-state index contributed by atoms with van der Waals surface area (Å²) in [6.07, 6.45) is -2.58. The summed E-state index contributed by atoms with van der Waals surface area (Å²) in [5.41, 5.74) is -0.330. The number of alkyl halides is 3. The minimum Gasteiger partial charge on any atom is -0.447 e. The molecule has 0 spiro atoms. The van der Waals surface area contributed by atoms with Gasteiger partial charge in [0.2, 0.25) is 0 Å². The van der Waals surface area contributed by atoms with Crippen molar-refractivity contribution in [3.63, 3.8) is 0 Å². The third kappa shape index (κ3) is 3.91. The summed E-state index contributed by atoms with van der Waals surface area (Å²) in [5, 5.41) is 0. The highest BCUT2D eigenvalue weighted by Gasteiger charge is 2.38. The van der Waals surface area contributed by atoms with Crippen LogP contribution in [0.15, 0.2) is 30.3 Å². The van der Waals surface area contributed by atoms with Crippen LogP contribution < -0.4 is 0 Å². The van der Waals surface area contributed by atoms with Crippen LogP contribution in [0.25, 0.3) is 6.08 Å². The van der Waals surface area contributed by atoms with Crippen LogP contribution in [0, 0.1) is 5.92 Å². The fourth-order valence-corrected chi connectivity index (χ4v) is 2.21. The smallest absolute Gasteiger partial charge is 0.417 e. The highest BCUT2D eigenvalue weighted by molar-refractivity contribution is 6.02. The average Bonchev–Trinajstić information content (AvgIpc) is 2.86. The Morgan fingerprint density at radius 1 is 1.30 bits per heavy atom. The molecule has 1 aromatic rings. The van der Waals surface area contributed by atoms with Crippen LogP contribution in [0.5, 0.6) is 0 Å². The third-order valence-electron chi connectivity index (χ3n) is 3.57. The van der Waals surface area contributed by atoms with Gasteiger partial charge in [0.25, 0.3) is 5.91 Å². The summed E-state index contributed by atoms with van der Waals surface area (Å²) in [7, 11) is 0. The predicted molar refractivity (Wildman–Crippen MR) is 77.3 cm³/mol. The molecular weight excluding hydrogens is 311 g/mol. The standard InChI is InChI=1S/C16H16F3NO3/c1-10(2)13-9-23-15(22)20(13)14(21)8-5-11-3-6-12(7-4-11)16(17,18)19/h3-8,10,13H,9H2,1-2H3/b8-5+/t13-/m1/s1. The minimum atomic E-state index is -4.40. The summed E-state index contributed by atoms with van der Waals surface area (Å²) < 4.78 is 42.3. The van der Waals surface area contributed by atoms with E-state index in [0.29, 0.717) is 5.56 Å². The third-order valence-corrected chi connectivity index (χ3v) is 3.57. The van der Waals surface area contributed by atoms with E-state index in [0.717, 1.165) is 23.1 Å². The molecule has 1 heterocycles. The molecule has 0 unspecified atom stereocenters. The summed E-state index contributed by atoms with van der Waals surface area (Å²) in [6, 6.07) is 4.05. The minimum absolute atomic E-state index is 0.0462. The normalized spacial score (nSPS) is 18.8. The van der Waals surface area contributed by atoms with Crippen molar-refractivity contribution < 1.29 is 27.5 Å². The van der Waals surface area contributed by atoms with Gasteiger partial charge < -0.3 is 4.74 Å². The maximum atomic E-state index is 12.5. The van der Waals surface area contributed by atoms with Crippen LogP contribution in [0.4, 0.5) is 18.0 Å². The summed E-state index contributed by atoms with van der Waals surface area (Å²) in [4.78, 5) is 24.8. The van der Waals surface area contributed by atoms with Crippen molar-refractivity contribution in [3.8, 4) is 0 Å². The molecule has 1 aromatic carbocycles. The van der Waals surface area contributed by atoms with E-state index in [1.54, 1.807) is 0 Å². The van der Waals surface area contributed by atoms with Crippen LogP contribution in [-0.4, -0.2) is 29.5 Å². The van der Waals surface area contributed by atoms with Gasteiger partial charge in [-0.2, -0.15) is 13.2 Å². The molecule has 0 radical (unpaired) electrons. The molecular formula is C16H16F3NO3. The van der Waals surface area contributed by atoms with Gasteiger partial charge in [-0.15, -0.1) is 0 Å². The molecule has 7 heteroatoms. The number of hydrogen-bond donors (Lipinski definition) is 0. The largest absolute Gasteiger partial charge is 0.447 e. The first kappa shape index (κ1) is 17.1. The van der Waals surface area contributed by atoms with Crippen molar-refractivity contribution >= 4 is 18.1 Å². The van der Waals surface area contributed by atoms with Crippen molar-refractivity contribution in [1.82, 2.24) is 4.90 Å². The molecule has 0 bridgehead atoms. The lowest BCUT2D eigenvalue weighted by Gasteiger charge is -2.20. The molecule has 0 aliphatic carbocycles. The van der Waals surface area contributed by atoms with Crippen LogP contribution in [0.1, 0.15) is 25.0 Å². The second kappa shape index (κ2) is 6.44. The van der Waals surface area contributed by atoms with Crippen molar-refractivity contribution in [1.29, 1.82) is 0 Å².